The lowest BCUT2D eigenvalue weighted by molar-refractivity contribution is -0.142. The van der Waals surface area contributed by atoms with Crippen molar-refractivity contribution in [3.8, 4) is 23.0 Å². The van der Waals surface area contributed by atoms with E-state index in [1.807, 2.05) is 23.6 Å². The summed E-state index contributed by atoms with van der Waals surface area (Å²) >= 11 is 0. The first-order valence-corrected chi connectivity index (χ1v) is 14.9. The Bertz CT molecular complexity index is 1870. The summed E-state index contributed by atoms with van der Waals surface area (Å²) in [6, 6.07) is 11.2. The van der Waals surface area contributed by atoms with Crippen LogP contribution in [0, 0.1) is 11.2 Å². The SMILES string of the molecule is CCc1c(F)ccc2cc(O)cc(-c3cc4nc(OCC5(CF)COC5)nc(N5CC6CCC(C5)N6)c4c4ccnn34)c12. The van der Waals surface area contributed by atoms with E-state index in [1.54, 1.807) is 24.4 Å². The van der Waals surface area contributed by atoms with Gasteiger partial charge in [0.05, 0.1) is 46.9 Å². The number of anilines is 1. The van der Waals surface area contributed by atoms with Crippen molar-refractivity contribution in [3.05, 3.63) is 54.0 Å². The number of hydrogen-bond donors (Lipinski definition) is 2. The molecule has 3 aliphatic rings. The number of nitrogens with one attached hydrogen (secondary N) is 1. The minimum absolute atomic E-state index is 0.0690. The van der Waals surface area contributed by atoms with Crippen molar-refractivity contribution in [1.29, 1.82) is 0 Å². The highest BCUT2D eigenvalue weighted by molar-refractivity contribution is 6.06. The van der Waals surface area contributed by atoms with Crippen LogP contribution in [-0.4, -0.2) is 76.4 Å². The molecule has 3 aromatic heterocycles. The van der Waals surface area contributed by atoms with Gasteiger partial charge in [0.25, 0.3) is 0 Å². The molecular weight excluding hydrogens is 554 g/mol. The second-order valence-electron chi connectivity index (χ2n) is 12.2. The molecule has 11 heteroatoms. The number of halogens is 2. The van der Waals surface area contributed by atoms with Crippen LogP contribution in [0.2, 0.25) is 0 Å². The van der Waals surface area contributed by atoms with Crippen LogP contribution in [0.1, 0.15) is 25.3 Å². The summed E-state index contributed by atoms with van der Waals surface area (Å²) in [5.74, 6) is 0.519. The Balaban J connectivity index is 1.36. The van der Waals surface area contributed by atoms with E-state index in [1.165, 1.54) is 6.07 Å². The molecule has 8 rings (SSSR count). The van der Waals surface area contributed by atoms with Crippen molar-refractivity contribution in [2.24, 2.45) is 5.41 Å². The molecule has 3 aliphatic heterocycles. The first-order valence-electron chi connectivity index (χ1n) is 14.9. The molecule has 3 saturated heterocycles. The van der Waals surface area contributed by atoms with Crippen LogP contribution in [0.25, 0.3) is 38.4 Å². The first-order chi connectivity index (χ1) is 20.9. The van der Waals surface area contributed by atoms with Gasteiger partial charge in [0.1, 0.15) is 30.7 Å². The number of hydrogen-bond acceptors (Lipinski definition) is 8. The number of alkyl halides is 1. The van der Waals surface area contributed by atoms with Gasteiger partial charge in [-0.25, -0.2) is 8.91 Å². The van der Waals surface area contributed by atoms with Gasteiger partial charge in [0.15, 0.2) is 0 Å². The van der Waals surface area contributed by atoms with Crippen LogP contribution in [0.5, 0.6) is 11.8 Å². The number of rotatable bonds is 7. The number of phenolic OH excluding ortho intramolecular Hbond substituents is 1. The second kappa shape index (κ2) is 9.99. The predicted octanol–water partition coefficient (Wildman–Crippen LogP) is 4.81. The number of aromatic nitrogens is 4. The topological polar surface area (TPSA) is 97.0 Å². The molecule has 0 aliphatic carbocycles. The monoisotopic (exact) mass is 586 g/mol. The third-order valence-corrected chi connectivity index (χ3v) is 9.20. The molecule has 2 atom stereocenters. The fraction of sp³-hybridized carbons (Fsp3) is 0.406. The summed E-state index contributed by atoms with van der Waals surface area (Å²) in [6.07, 6.45) is 4.42. The van der Waals surface area contributed by atoms with Crippen LogP contribution in [0.4, 0.5) is 14.6 Å². The van der Waals surface area contributed by atoms with Gasteiger partial charge < -0.3 is 24.8 Å². The molecule has 43 heavy (non-hydrogen) atoms. The van der Waals surface area contributed by atoms with Crippen molar-refractivity contribution in [2.75, 3.05) is 44.5 Å². The number of aryl methyl sites for hydroxylation is 1. The summed E-state index contributed by atoms with van der Waals surface area (Å²) in [6.45, 7) is 3.67. The average molecular weight is 587 g/mol. The Morgan fingerprint density at radius 2 is 1.91 bits per heavy atom. The van der Waals surface area contributed by atoms with E-state index < -0.39 is 12.1 Å². The number of benzene rings is 2. The third-order valence-electron chi connectivity index (χ3n) is 9.20. The van der Waals surface area contributed by atoms with Gasteiger partial charge in [0.2, 0.25) is 0 Å². The zero-order chi connectivity index (χ0) is 29.3. The molecule has 2 bridgehead atoms. The lowest BCUT2D eigenvalue weighted by Crippen LogP contribution is -2.51. The molecule has 2 unspecified atom stereocenters. The van der Waals surface area contributed by atoms with E-state index in [0.717, 1.165) is 53.4 Å². The van der Waals surface area contributed by atoms with Crippen LogP contribution < -0.4 is 15.0 Å². The van der Waals surface area contributed by atoms with Crippen molar-refractivity contribution in [1.82, 2.24) is 24.9 Å². The second-order valence-corrected chi connectivity index (χ2v) is 12.2. The normalized spacial score (nSPS) is 21.1. The zero-order valence-corrected chi connectivity index (χ0v) is 23.8. The number of aromatic hydroxyl groups is 1. The molecule has 0 amide bonds. The number of piperazine rings is 1. The first kappa shape index (κ1) is 26.5. The number of nitrogens with zero attached hydrogens (tertiary/aromatic N) is 5. The Hall–Kier alpha value is -4.09. The molecule has 3 fully saturated rings. The third kappa shape index (κ3) is 4.28. The van der Waals surface area contributed by atoms with Crippen molar-refractivity contribution in [3.63, 3.8) is 0 Å². The van der Waals surface area contributed by atoms with E-state index in [9.17, 15) is 9.50 Å². The van der Waals surface area contributed by atoms with Crippen molar-refractivity contribution in [2.45, 2.75) is 38.3 Å². The molecule has 0 radical (unpaired) electrons. The molecular formula is C32H32F2N6O3. The quantitative estimate of drug-likeness (QED) is 0.281. The van der Waals surface area contributed by atoms with Gasteiger partial charge in [-0.1, -0.05) is 13.0 Å². The largest absolute Gasteiger partial charge is 0.508 e. The molecule has 0 spiro atoms. The molecule has 0 saturated carbocycles. The standard InChI is InChI=1S/C32H32F2N6O3/c1-2-22-24(34)6-3-18-9-21(41)10-23(28(18)22)27-11-25-29(26-7-8-35-40(26)27)30(39-12-19-4-5-20(13-39)36-19)38-31(37-25)43-17-32(14-33)15-42-16-32/h3,6-11,19-20,36,41H,2,4-5,12-17H2,1H3. The Kier molecular flexibility index (Phi) is 6.16. The Labute approximate surface area is 246 Å². The van der Waals surface area contributed by atoms with Crippen LogP contribution in [0.3, 0.4) is 0 Å². The predicted molar refractivity (Wildman–Crippen MR) is 159 cm³/mol. The molecule has 2 N–H and O–H groups in total. The molecule has 9 nitrogen and oxygen atoms in total. The smallest absolute Gasteiger partial charge is 0.318 e. The van der Waals surface area contributed by atoms with Gasteiger partial charge >= 0.3 is 6.01 Å². The maximum absolute atomic E-state index is 15.1. The Morgan fingerprint density at radius 1 is 1.09 bits per heavy atom. The zero-order valence-electron chi connectivity index (χ0n) is 23.8. The summed E-state index contributed by atoms with van der Waals surface area (Å²) in [5, 5.41) is 21.4. The summed E-state index contributed by atoms with van der Waals surface area (Å²) in [7, 11) is 0. The van der Waals surface area contributed by atoms with Crippen LogP contribution in [0.15, 0.2) is 42.6 Å². The molecule has 2 aromatic carbocycles. The maximum atomic E-state index is 15.1. The van der Waals surface area contributed by atoms with E-state index in [2.05, 4.69) is 15.3 Å². The Morgan fingerprint density at radius 3 is 2.63 bits per heavy atom. The molecule has 5 aromatic rings. The number of pyridine rings is 1. The minimum Gasteiger partial charge on any atom is -0.508 e. The summed E-state index contributed by atoms with van der Waals surface area (Å²) < 4.78 is 42.1. The van der Waals surface area contributed by atoms with E-state index in [-0.39, 0.29) is 24.2 Å². The van der Waals surface area contributed by atoms with Gasteiger partial charge in [0, 0.05) is 30.7 Å². The van der Waals surface area contributed by atoms with Crippen LogP contribution >= 0.6 is 0 Å². The number of ether oxygens (including phenoxy) is 2. The molecule has 6 heterocycles. The summed E-state index contributed by atoms with van der Waals surface area (Å²) in [4.78, 5) is 12.1. The number of phenols is 1. The van der Waals surface area contributed by atoms with Gasteiger partial charge in [-0.2, -0.15) is 15.1 Å². The highest BCUT2D eigenvalue weighted by atomic mass is 19.1. The van der Waals surface area contributed by atoms with Gasteiger partial charge in [-0.15, -0.1) is 0 Å². The van der Waals surface area contributed by atoms with Crippen LogP contribution in [-0.2, 0) is 11.2 Å². The average Bonchev–Trinajstić information content (AvgIpc) is 3.61. The number of fused-ring (bicyclic) bond motifs is 6. The van der Waals surface area contributed by atoms with E-state index >= 15 is 4.39 Å². The van der Waals surface area contributed by atoms with Crippen molar-refractivity contribution < 1.29 is 23.4 Å². The fourth-order valence-electron chi connectivity index (χ4n) is 6.98. The van der Waals surface area contributed by atoms with Crippen molar-refractivity contribution >= 4 is 33.0 Å². The minimum atomic E-state index is -0.686. The highest BCUT2D eigenvalue weighted by Gasteiger charge is 2.40. The summed E-state index contributed by atoms with van der Waals surface area (Å²) in [5.41, 5.74) is 2.59. The highest BCUT2D eigenvalue weighted by Crippen LogP contribution is 2.40. The fourth-order valence-corrected chi connectivity index (χ4v) is 6.98. The van der Waals surface area contributed by atoms with Gasteiger partial charge in [-0.05, 0) is 65.9 Å². The van der Waals surface area contributed by atoms with E-state index in [4.69, 9.17) is 19.4 Å². The lowest BCUT2D eigenvalue weighted by Gasteiger charge is -2.38. The van der Waals surface area contributed by atoms with Gasteiger partial charge in [-0.3, -0.25) is 4.39 Å². The van der Waals surface area contributed by atoms with E-state index in [0.29, 0.717) is 54.1 Å². The lowest BCUT2D eigenvalue weighted by atomic mass is 9.89. The molecule has 222 valence electrons. The maximum Gasteiger partial charge on any atom is 0.318 e.